The molecule has 0 atom stereocenters. The van der Waals surface area contributed by atoms with Crippen LogP contribution in [-0.4, -0.2) is 26.9 Å². The molecular weight excluding hydrogens is 382 g/mol. The quantitative estimate of drug-likeness (QED) is 0.180. The van der Waals surface area contributed by atoms with E-state index in [9.17, 15) is 0 Å². The fourth-order valence-corrected chi connectivity index (χ4v) is 1.99. The Labute approximate surface area is 195 Å². The molecule has 0 heterocycles. The molecule has 0 aliphatic heterocycles. The van der Waals surface area contributed by atoms with E-state index in [0.717, 1.165) is 35.6 Å². The zero-order valence-corrected chi connectivity index (χ0v) is 22.2. The monoisotopic (exact) mass is 433 g/mol. The molecule has 0 aliphatic carbocycles. The second-order valence-corrected chi connectivity index (χ2v) is 5.07. The topological polar surface area (TPSA) is 30.5 Å². The van der Waals surface area contributed by atoms with Crippen LogP contribution >= 0.6 is 0 Å². The van der Waals surface area contributed by atoms with E-state index < -0.39 is 0 Å². The van der Waals surface area contributed by atoms with Gasteiger partial charge in [-0.05, 0) is 50.1 Å². The van der Waals surface area contributed by atoms with Gasteiger partial charge in [-0.1, -0.05) is 85.1 Å². The minimum absolute atomic E-state index is 0.609. The summed E-state index contributed by atoms with van der Waals surface area (Å²) >= 11 is 0. The van der Waals surface area contributed by atoms with Crippen LogP contribution in [0.15, 0.2) is 84.4 Å². The molecule has 0 aliphatic rings. The third-order valence-electron chi connectivity index (χ3n) is 3.44. The van der Waals surface area contributed by atoms with Gasteiger partial charge >= 0.3 is 0 Å². The van der Waals surface area contributed by atoms with Crippen LogP contribution in [0.25, 0.3) is 0 Å². The molecule has 0 aromatic rings. The second-order valence-electron chi connectivity index (χ2n) is 5.07. The van der Waals surface area contributed by atoms with Crippen molar-refractivity contribution in [1.29, 1.82) is 0 Å². The van der Waals surface area contributed by atoms with Crippen molar-refractivity contribution in [2.75, 3.05) is 26.9 Å². The summed E-state index contributed by atoms with van der Waals surface area (Å²) in [4.78, 5) is 0. The number of allylic oxidation sites excluding steroid dienone is 10. The normalized spacial score (nSPS) is 11.8. The van der Waals surface area contributed by atoms with Crippen molar-refractivity contribution in [3.63, 3.8) is 0 Å². The SMILES string of the molecule is C=C\C(=C/C=C(C=C)/C(/C=C\C(=C/C)NC)=C/C)OCCCOCC.CC.CC.CC. The first-order valence-corrected chi connectivity index (χ1v) is 11.7. The molecule has 0 saturated heterocycles. The van der Waals surface area contributed by atoms with Crippen molar-refractivity contribution in [3.8, 4) is 0 Å². The lowest BCUT2D eigenvalue weighted by Gasteiger charge is -2.07. The maximum absolute atomic E-state index is 5.71. The lowest BCUT2D eigenvalue weighted by Crippen LogP contribution is -2.02. The van der Waals surface area contributed by atoms with Crippen molar-refractivity contribution in [2.45, 2.75) is 68.7 Å². The van der Waals surface area contributed by atoms with Crippen LogP contribution in [0, 0.1) is 0 Å². The Balaban J connectivity index is -0.000000554. The van der Waals surface area contributed by atoms with Gasteiger partial charge in [0.1, 0.15) is 5.76 Å². The van der Waals surface area contributed by atoms with Gasteiger partial charge in [-0.2, -0.15) is 0 Å². The molecule has 0 amide bonds. The first kappa shape index (κ1) is 36.1. The molecule has 0 saturated carbocycles. The molecule has 3 nitrogen and oxygen atoms in total. The first-order valence-electron chi connectivity index (χ1n) is 11.7. The molecule has 3 heteroatoms. The van der Waals surface area contributed by atoms with E-state index in [1.54, 1.807) is 6.08 Å². The largest absolute Gasteiger partial charge is 0.494 e. The highest BCUT2D eigenvalue weighted by Gasteiger charge is 1.98. The van der Waals surface area contributed by atoms with E-state index in [-0.39, 0.29) is 0 Å². The number of nitrogens with one attached hydrogen (secondary N) is 1. The highest BCUT2D eigenvalue weighted by atomic mass is 16.5. The van der Waals surface area contributed by atoms with Crippen molar-refractivity contribution in [1.82, 2.24) is 5.32 Å². The van der Waals surface area contributed by atoms with Crippen molar-refractivity contribution >= 4 is 0 Å². The van der Waals surface area contributed by atoms with E-state index in [2.05, 4.69) is 30.6 Å². The van der Waals surface area contributed by atoms with Gasteiger partial charge in [0.05, 0.1) is 6.61 Å². The van der Waals surface area contributed by atoms with E-state index in [4.69, 9.17) is 9.47 Å². The molecule has 0 radical (unpaired) electrons. The van der Waals surface area contributed by atoms with Crippen LogP contribution in [-0.2, 0) is 9.47 Å². The Morgan fingerprint density at radius 1 is 0.806 bits per heavy atom. The van der Waals surface area contributed by atoms with Gasteiger partial charge in [0.25, 0.3) is 0 Å². The molecule has 180 valence electrons. The number of hydrogen-bond acceptors (Lipinski definition) is 3. The number of hydrogen-bond donors (Lipinski definition) is 1. The van der Waals surface area contributed by atoms with E-state index >= 15 is 0 Å². The summed E-state index contributed by atoms with van der Waals surface area (Å²) in [6.45, 7) is 27.8. The summed E-state index contributed by atoms with van der Waals surface area (Å²) < 4.78 is 11.0. The summed E-state index contributed by atoms with van der Waals surface area (Å²) in [5.41, 5.74) is 3.16. The standard InChI is InChI=1S/C22H33NO2.3C2H6/c1-7-19(13-15-21(9-3)23-6)20(8-2)14-16-22(10-4)25-18-12-17-24-11-5;3*1-2/h7-10,13-16,23H,2,4,11-12,17-18H2,1,3,5-6H3;3*1-2H3/b15-13-,19-7+,20-14+,21-9+,22-16+;;;. The van der Waals surface area contributed by atoms with Gasteiger partial charge in [-0.15, -0.1) is 0 Å². The van der Waals surface area contributed by atoms with E-state index in [1.807, 2.05) is 99.7 Å². The van der Waals surface area contributed by atoms with Gasteiger partial charge < -0.3 is 14.8 Å². The molecule has 0 aromatic heterocycles. The Morgan fingerprint density at radius 2 is 1.42 bits per heavy atom. The van der Waals surface area contributed by atoms with E-state index in [1.165, 1.54) is 0 Å². The van der Waals surface area contributed by atoms with Crippen LogP contribution in [0.2, 0.25) is 0 Å². The predicted octanol–water partition coefficient (Wildman–Crippen LogP) is 8.32. The van der Waals surface area contributed by atoms with Crippen molar-refractivity contribution < 1.29 is 9.47 Å². The minimum Gasteiger partial charge on any atom is -0.494 e. The predicted molar refractivity (Wildman–Crippen MR) is 143 cm³/mol. The molecule has 0 spiro atoms. The molecule has 31 heavy (non-hydrogen) atoms. The van der Waals surface area contributed by atoms with Gasteiger partial charge in [0.15, 0.2) is 0 Å². The number of likely N-dealkylation sites (N-methyl/N-ethyl adjacent to an activating group) is 1. The summed E-state index contributed by atoms with van der Waals surface area (Å²) in [6.07, 6.45) is 16.5. The number of ether oxygens (including phenoxy) is 2. The zero-order valence-electron chi connectivity index (χ0n) is 22.2. The molecule has 0 rings (SSSR count). The molecule has 1 N–H and O–H groups in total. The average Bonchev–Trinajstić information content (AvgIpc) is 2.85. The Hall–Kier alpha value is -2.26. The maximum Gasteiger partial charge on any atom is 0.118 e. The van der Waals surface area contributed by atoms with Crippen LogP contribution in [0.1, 0.15) is 68.7 Å². The maximum atomic E-state index is 5.71. The average molecular weight is 434 g/mol. The third kappa shape index (κ3) is 22.3. The summed E-state index contributed by atoms with van der Waals surface area (Å²) in [6, 6.07) is 0. The summed E-state index contributed by atoms with van der Waals surface area (Å²) in [5, 5.41) is 3.13. The van der Waals surface area contributed by atoms with Crippen LogP contribution in [0.5, 0.6) is 0 Å². The summed E-state index contributed by atoms with van der Waals surface area (Å²) in [5.74, 6) is 0.736. The minimum atomic E-state index is 0.609. The lowest BCUT2D eigenvalue weighted by atomic mass is 10.0. The van der Waals surface area contributed by atoms with Crippen molar-refractivity contribution in [3.05, 3.63) is 84.4 Å². The Kier molecular flexibility index (Phi) is 37.8. The zero-order chi connectivity index (χ0) is 24.9. The smallest absolute Gasteiger partial charge is 0.118 e. The molecule has 0 unspecified atom stereocenters. The van der Waals surface area contributed by atoms with Gasteiger partial charge in [0.2, 0.25) is 0 Å². The van der Waals surface area contributed by atoms with Crippen molar-refractivity contribution in [2.24, 2.45) is 0 Å². The van der Waals surface area contributed by atoms with Gasteiger partial charge in [-0.25, -0.2) is 0 Å². The van der Waals surface area contributed by atoms with Gasteiger partial charge in [-0.3, -0.25) is 0 Å². The van der Waals surface area contributed by atoms with Crippen LogP contribution in [0.4, 0.5) is 0 Å². The Morgan fingerprint density at radius 3 is 1.84 bits per heavy atom. The molecule has 0 bridgehead atoms. The van der Waals surface area contributed by atoms with Crippen LogP contribution < -0.4 is 5.32 Å². The van der Waals surface area contributed by atoms with Crippen LogP contribution in [0.3, 0.4) is 0 Å². The highest BCUT2D eigenvalue weighted by Crippen LogP contribution is 2.15. The lowest BCUT2D eigenvalue weighted by molar-refractivity contribution is 0.118. The second kappa shape index (κ2) is 32.4. The summed E-state index contributed by atoms with van der Waals surface area (Å²) in [7, 11) is 1.90. The highest BCUT2D eigenvalue weighted by molar-refractivity contribution is 5.48. The first-order chi connectivity index (χ1) is 15.2. The third-order valence-corrected chi connectivity index (χ3v) is 3.44. The molecule has 0 aromatic carbocycles. The van der Waals surface area contributed by atoms with E-state index in [0.29, 0.717) is 13.2 Å². The van der Waals surface area contributed by atoms with Gasteiger partial charge in [0, 0.05) is 32.4 Å². The molecular formula is C28H51NO2. The number of rotatable bonds is 13. The fourth-order valence-electron chi connectivity index (χ4n) is 1.99. The fraction of sp³-hybridized carbons (Fsp3) is 0.500. The molecule has 0 fully saturated rings. The Bertz CT molecular complexity index is 549.